The fourth-order valence-electron chi connectivity index (χ4n) is 3.54. The molecule has 1 aliphatic heterocycles. The van der Waals surface area contributed by atoms with Crippen molar-refractivity contribution < 1.29 is 18.0 Å². The lowest BCUT2D eigenvalue weighted by atomic mass is 10.0. The zero-order chi connectivity index (χ0) is 22.8. The Labute approximate surface area is 177 Å². The van der Waals surface area contributed by atoms with Gasteiger partial charge in [-0.1, -0.05) is 0 Å². The van der Waals surface area contributed by atoms with Gasteiger partial charge >= 0.3 is 12.2 Å². The molecule has 0 saturated carbocycles. The number of aryl methyl sites for hydroxylation is 1. The summed E-state index contributed by atoms with van der Waals surface area (Å²) < 4.78 is 39.0. The summed E-state index contributed by atoms with van der Waals surface area (Å²) in [4.78, 5) is 24.3. The second-order valence-electron chi connectivity index (χ2n) is 7.45. The summed E-state index contributed by atoms with van der Waals surface area (Å²) in [6, 6.07) is 2.98. The first-order valence-corrected chi connectivity index (χ1v) is 9.69. The van der Waals surface area contributed by atoms with Crippen LogP contribution >= 0.6 is 0 Å². The van der Waals surface area contributed by atoms with E-state index in [1.165, 1.54) is 11.8 Å². The highest BCUT2D eigenvalue weighted by Gasteiger charge is 2.32. The largest absolute Gasteiger partial charge is 0.416 e. The van der Waals surface area contributed by atoms with Crippen molar-refractivity contribution in [2.45, 2.75) is 32.0 Å². The molecule has 166 valence electrons. The quantitative estimate of drug-likeness (QED) is 0.637. The zero-order valence-corrected chi connectivity index (χ0v) is 17.2. The molecule has 4 N–H and O–H groups in total. The zero-order valence-electron chi connectivity index (χ0n) is 17.2. The number of halogens is 3. The Balaban J connectivity index is 1.62. The minimum absolute atomic E-state index is 0.0768. The summed E-state index contributed by atoms with van der Waals surface area (Å²) in [5.74, 6) is 0.164. The normalized spacial score (nSPS) is 14.9. The van der Waals surface area contributed by atoms with Gasteiger partial charge in [0, 0.05) is 43.7 Å². The maximum atomic E-state index is 13.0. The molecule has 0 unspecified atom stereocenters. The number of alkyl halides is 3. The van der Waals surface area contributed by atoms with Gasteiger partial charge in [-0.2, -0.15) is 13.2 Å². The molecule has 2 aromatic rings. The number of aromatic nitrogens is 2. The number of amides is 2. The number of carbonyl (C=O) groups excluding carboxylic acids is 1. The van der Waals surface area contributed by atoms with Gasteiger partial charge in [0.05, 0.1) is 17.4 Å². The summed E-state index contributed by atoms with van der Waals surface area (Å²) in [6.07, 6.45) is -0.367. The molecular weight excluding hydrogens is 411 g/mol. The Morgan fingerprint density at radius 1 is 1.32 bits per heavy atom. The van der Waals surface area contributed by atoms with E-state index in [0.29, 0.717) is 37.3 Å². The SMILES string of the molecule is Cc1cc(C(F)(F)F)cc(NC(=O)N(C)C2CCN(c3cnc(N)c(C=N)c3)CC2)n1. The standard InChI is InChI=1S/C20H24F3N7O/c1-12-7-14(20(21,22)23)9-17(27-12)28-19(31)29(2)15-3-5-30(6-4-15)16-8-13(10-24)18(25)26-11-16/h7-11,15,24H,3-6H2,1-2H3,(H2,25,26)(H,27,28,31). The van der Waals surface area contributed by atoms with E-state index < -0.39 is 17.8 Å². The van der Waals surface area contributed by atoms with Crippen LogP contribution in [0, 0.1) is 12.3 Å². The second-order valence-corrected chi connectivity index (χ2v) is 7.45. The fraction of sp³-hybridized carbons (Fsp3) is 0.400. The maximum absolute atomic E-state index is 13.0. The highest BCUT2D eigenvalue weighted by Crippen LogP contribution is 2.31. The molecule has 8 nitrogen and oxygen atoms in total. The van der Waals surface area contributed by atoms with Gasteiger partial charge in [-0.15, -0.1) is 0 Å². The highest BCUT2D eigenvalue weighted by molar-refractivity contribution is 5.88. The molecule has 1 saturated heterocycles. The van der Waals surface area contributed by atoms with Gasteiger partial charge in [0.15, 0.2) is 0 Å². The molecule has 2 aromatic heterocycles. The maximum Gasteiger partial charge on any atom is 0.416 e. The summed E-state index contributed by atoms with van der Waals surface area (Å²) in [7, 11) is 1.62. The fourth-order valence-corrected chi connectivity index (χ4v) is 3.54. The van der Waals surface area contributed by atoms with Crippen molar-refractivity contribution in [3.63, 3.8) is 0 Å². The molecule has 2 amide bonds. The van der Waals surface area contributed by atoms with Crippen molar-refractivity contribution in [1.29, 1.82) is 5.41 Å². The van der Waals surface area contributed by atoms with Crippen LogP contribution in [0.25, 0.3) is 0 Å². The lowest BCUT2D eigenvalue weighted by molar-refractivity contribution is -0.137. The van der Waals surface area contributed by atoms with Gasteiger partial charge in [0.1, 0.15) is 11.6 Å². The van der Waals surface area contributed by atoms with E-state index in [4.69, 9.17) is 11.1 Å². The molecule has 0 bridgehead atoms. The Hall–Kier alpha value is -3.37. The molecule has 0 radical (unpaired) electrons. The number of piperidine rings is 1. The van der Waals surface area contributed by atoms with Gasteiger partial charge in [-0.3, -0.25) is 5.32 Å². The monoisotopic (exact) mass is 435 g/mol. The Bertz CT molecular complexity index is 972. The van der Waals surface area contributed by atoms with Crippen LogP contribution in [0.3, 0.4) is 0 Å². The van der Waals surface area contributed by atoms with Crippen molar-refractivity contribution in [1.82, 2.24) is 14.9 Å². The Morgan fingerprint density at radius 2 is 2.00 bits per heavy atom. The number of hydrogen-bond donors (Lipinski definition) is 3. The van der Waals surface area contributed by atoms with E-state index in [1.807, 2.05) is 0 Å². The van der Waals surface area contributed by atoms with Crippen molar-refractivity contribution in [3.8, 4) is 0 Å². The minimum Gasteiger partial charge on any atom is -0.383 e. The third-order valence-corrected chi connectivity index (χ3v) is 5.30. The molecule has 1 fully saturated rings. The van der Waals surface area contributed by atoms with Crippen molar-refractivity contribution in [2.24, 2.45) is 0 Å². The molecule has 3 rings (SSSR count). The van der Waals surface area contributed by atoms with E-state index in [0.717, 1.165) is 24.0 Å². The van der Waals surface area contributed by atoms with Crippen LogP contribution in [0.1, 0.15) is 29.7 Å². The molecule has 11 heteroatoms. The van der Waals surface area contributed by atoms with E-state index >= 15 is 0 Å². The van der Waals surface area contributed by atoms with Crippen molar-refractivity contribution in [2.75, 3.05) is 36.1 Å². The van der Waals surface area contributed by atoms with E-state index in [1.54, 1.807) is 19.3 Å². The lowest BCUT2D eigenvalue weighted by Gasteiger charge is -2.37. The first kappa shape index (κ1) is 22.3. The van der Waals surface area contributed by atoms with Crippen molar-refractivity contribution in [3.05, 3.63) is 41.2 Å². The van der Waals surface area contributed by atoms with Gasteiger partial charge in [-0.05, 0) is 38.0 Å². The number of nitrogen functional groups attached to an aromatic ring is 1. The predicted octanol–water partition coefficient (Wildman–Crippen LogP) is 3.52. The van der Waals surface area contributed by atoms with E-state index in [-0.39, 0.29) is 17.6 Å². The number of rotatable bonds is 4. The van der Waals surface area contributed by atoms with Crippen LogP contribution in [0.5, 0.6) is 0 Å². The average molecular weight is 435 g/mol. The summed E-state index contributed by atoms with van der Waals surface area (Å²) >= 11 is 0. The number of hydrogen-bond acceptors (Lipinski definition) is 6. The number of carbonyl (C=O) groups is 1. The Kier molecular flexibility index (Phi) is 6.32. The van der Waals surface area contributed by atoms with Crippen LogP contribution in [0.15, 0.2) is 24.4 Å². The number of pyridine rings is 2. The topological polar surface area (TPSA) is 111 Å². The number of anilines is 3. The third kappa shape index (κ3) is 5.22. The molecule has 31 heavy (non-hydrogen) atoms. The number of nitrogens with zero attached hydrogens (tertiary/aromatic N) is 4. The van der Waals surface area contributed by atoms with E-state index in [2.05, 4.69) is 20.2 Å². The van der Waals surface area contributed by atoms with Crippen molar-refractivity contribution >= 4 is 29.6 Å². The number of nitrogens with two attached hydrogens (primary N) is 1. The van der Waals surface area contributed by atoms with Crippen LogP contribution in [-0.2, 0) is 6.18 Å². The molecular formula is C20H24F3N7O. The first-order valence-electron chi connectivity index (χ1n) is 9.69. The molecule has 1 aliphatic rings. The minimum atomic E-state index is -4.51. The Morgan fingerprint density at radius 3 is 2.61 bits per heavy atom. The molecule has 3 heterocycles. The van der Waals surface area contributed by atoms with Gasteiger partial charge in [0.25, 0.3) is 0 Å². The molecule has 0 spiro atoms. The summed E-state index contributed by atoms with van der Waals surface area (Å²) in [6.45, 7) is 2.76. The van der Waals surface area contributed by atoms with Crippen LogP contribution in [-0.4, -0.2) is 53.3 Å². The molecule has 0 aliphatic carbocycles. The highest BCUT2D eigenvalue weighted by atomic mass is 19.4. The van der Waals surface area contributed by atoms with Gasteiger partial charge in [-0.25, -0.2) is 14.8 Å². The summed E-state index contributed by atoms with van der Waals surface area (Å²) in [5, 5.41) is 9.87. The predicted molar refractivity (Wildman–Crippen MR) is 113 cm³/mol. The average Bonchev–Trinajstić information content (AvgIpc) is 2.72. The second kappa shape index (κ2) is 8.78. The number of nitrogens with one attached hydrogen (secondary N) is 2. The molecule has 0 aromatic carbocycles. The third-order valence-electron chi connectivity index (χ3n) is 5.30. The first-order chi connectivity index (χ1) is 14.6. The van der Waals surface area contributed by atoms with Gasteiger partial charge in [0.2, 0.25) is 0 Å². The van der Waals surface area contributed by atoms with Gasteiger partial charge < -0.3 is 20.9 Å². The van der Waals surface area contributed by atoms with Crippen LogP contribution in [0.4, 0.5) is 35.3 Å². The number of urea groups is 1. The van der Waals surface area contributed by atoms with Crippen LogP contribution < -0.4 is 16.0 Å². The van der Waals surface area contributed by atoms with Crippen LogP contribution in [0.2, 0.25) is 0 Å². The lowest BCUT2D eigenvalue weighted by Crippen LogP contribution is -2.47. The van der Waals surface area contributed by atoms with E-state index in [9.17, 15) is 18.0 Å². The summed E-state index contributed by atoms with van der Waals surface area (Å²) in [5.41, 5.74) is 6.44. The smallest absolute Gasteiger partial charge is 0.383 e. The molecule has 0 atom stereocenters.